The highest BCUT2D eigenvalue weighted by Gasteiger charge is 2.25. The Balaban J connectivity index is 2.07. The van der Waals surface area contributed by atoms with Crippen molar-refractivity contribution in [3.63, 3.8) is 0 Å². The van der Waals surface area contributed by atoms with Crippen LogP contribution in [-0.4, -0.2) is 27.2 Å². The minimum absolute atomic E-state index is 0.0613. The summed E-state index contributed by atoms with van der Waals surface area (Å²) in [7, 11) is 0. The van der Waals surface area contributed by atoms with Gasteiger partial charge in [-0.05, 0) is 18.1 Å². The predicted octanol–water partition coefficient (Wildman–Crippen LogP) is 2.94. The highest BCUT2D eigenvalue weighted by molar-refractivity contribution is 8.23. The van der Waals surface area contributed by atoms with E-state index in [0.29, 0.717) is 10.1 Å². The van der Waals surface area contributed by atoms with Crippen LogP contribution < -0.4 is 0 Å². The van der Waals surface area contributed by atoms with Crippen LogP contribution in [0.4, 0.5) is 0 Å². The van der Waals surface area contributed by atoms with Crippen molar-refractivity contribution < 1.29 is 4.79 Å². The van der Waals surface area contributed by atoms with Gasteiger partial charge < -0.3 is 0 Å². The van der Waals surface area contributed by atoms with Crippen molar-refractivity contribution >= 4 is 46.5 Å². The van der Waals surface area contributed by atoms with Gasteiger partial charge in [0.1, 0.15) is 0 Å². The van der Waals surface area contributed by atoms with Crippen LogP contribution in [0, 0.1) is 0 Å². The van der Waals surface area contributed by atoms with Gasteiger partial charge >= 0.3 is 0 Å². The first-order valence-corrected chi connectivity index (χ1v) is 6.83. The fraction of sp³-hybridized carbons (Fsp3) is 0.154. The summed E-state index contributed by atoms with van der Waals surface area (Å²) < 4.78 is 0.517. The molecule has 1 saturated heterocycles. The first-order valence-electron chi connectivity index (χ1n) is 5.44. The Kier molecular flexibility index (Phi) is 4.28. The Bertz CT molecular complexity index is 507. The lowest BCUT2D eigenvalue weighted by Crippen LogP contribution is -2.22. The van der Waals surface area contributed by atoms with Gasteiger partial charge in [-0.25, -0.2) is 0 Å². The van der Waals surface area contributed by atoms with E-state index >= 15 is 0 Å². The van der Waals surface area contributed by atoms with Gasteiger partial charge in [0.05, 0.1) is 12.0 Å². The molecule has 18 heavy (non-hydrogen) atoms. The van der Waals surface area contributed by atoms with Crippen LogP contribution in [0.1, 0.15) is 12.5 Å². The van der Waals surface area contributed by atoms with Crippen molar-refractivity contribution in [1.29, 1.82) is 0 Å². The van der Waals surface area contributed by atoms with E-state index in [9.17, 15) is 4.79 Å². The zero-order valence-corrected chi connectivity index (χ0v) is 11.5. The maximum atomic E-state index is 11.4. The summed E-state index contributed by atoms with van der Waals surface area (Å²) in [5.74, 6) is 0.325. The first-order chi connectivity index (χ1) is 8.66. The molecule has 1 aliphatic rings. The number of amides is 1. The summed E-state index contributed by atoms with van der Waals surface area (Å²) in [6.07, 6.45) is 3.66. The van der Waals surface area contributed by atoms with Crippen LogP contribution in [0.3, 0.4) is 0 Å². The van der Waals surface area contributed by atoms with Crippen LogP contribution in [-0.2, 0) is 4.79 Å². The second kappa shape index (κ2) is 5.93. The number of thiocarbonyl (C=S) groups is 1. The number of hydrazone groups is 1. The van der Waals surface area contributed by atoms with Crippen LogP contribution in [0.15, 0.2) is 41.0 Å². The minimum Gasteiger partial charge on any atom is -0.272 e. The number of nitrogens with zero attached hydrogens (tertiary/aromatic N) is 2. The number of thioether (sulfide) groups is 1. The van der Waals surface area contributed by atoms with Crippen molar-refractivity contribution in [3.8, 4) is 0 Å². The van der Waals surface area contributed by atoms with Gasteiger partial charge in [0, 0.05) is 0 Å². The molecule has 2 rings (SSSR count). The van der Waals surface area contributed by atoms with Gasteiger partial charge in [0.2, 0.25) is 0 Å². The van der Waals surface area contributed by atoms with E-state index in [1.54, 1.807) is 6.21 Å². The fourth-order valence-electron chi connectivity index (χ4n) is 1.46. The molecule has 0 aromatic heterocycles. The van der Waals surface area contributed by atoms with Crippen molar-refractivity contribution in [2.45, 2.75) is 6.92 Å². The second-order valence-corrected chi connectivity index (χ2v) is 5.41. The molecule has 3 nitrogen and oxygen atoms in total. The summed E-state index contributed by atoms with van der Waals surface area (Å²) in [6, 6.07) is 9.95. The van der Waals surface area contributed by atoms with E-state index in [4.69, 9.17) is 12.2 Å². The molecular weight excluding hydrogens is 264 g/mol. The van der Waals surface area contributed by atoms with E-state index in [0.717, 1.165) is 11.1 Å². The molecule has 0 unspecified atom stereocenters. The average molecular weight is 276 g/mol. The third-order valence-electron chi connectivity index (χ3n) is 2.30. The maximum Gasteiger partial charge on any atom is 0.259 e. The monoisotopic (exact) mass is 276 g/mol. The van der Waals surface area contributed by atoms with Crippen LogP contribution in [0.25, 0.3) is 6.08 Å². The molecule has 0 spiro atoms. The molecule has 1 heterocycles. The molecule has 1 aliphatic heterocycles. The van der Waals surface area contributed by atoms with E-state index in [2.05, 4.69) is 5.10 Å². The summed E-state index contributed by atoms with van der Waals surface area (Å²) >= 11 is 6.38. The van der Waals surface area contributed by atoms with Gasteiger partial charge in [-0.1, -0.05) is 60.4 Å². The van der Waals surface area contributed by atoms with E-state index in [1.165, 1.54) is 16.8 Å². The average Bonchev–Trinajstić information content (AvgIpc) is 2.68. The molecule has 92 valence electrons. The Labute approximate surface area is 116 Å². The van der Waals surface area contributed by atoms with Crippen molar-refractivity contribution in [2.24, 2.45) is 5.10 Å². The van der Waals surface area contributed by atoms with Crippen molar-refractivity contribution in [1.82, 2.24) is 5.01 Å². The molecule has 0 bridgehead atoms. The molecule has 5 heteroatoms. The topological polar surface area (TPSA) is 32.7 Å². The predicted molar refractivity (Wildman–Crippen MR) is 80.5 cm³/mol. The number of benzene rings is 1. The van der Waals surface area contributed by atoms with Gasteiger partial charge in [-0.2, -0.15) is 10.1 Å². The lowest BCUT2D eigenvalue weighted by atomic mass is 10.1. The lowest BCUT2D eigenvalue weighted by molar-refractivity contribution is -0.123. The molecule has 0 radical (unpaired) electrons. The first kappa shape index (κ1) is 13.0. The second-order valence-electron chi connectivity index (χ2n) is 3.80. The van der Waals surface area contributed by atoms with E-state index < -0.39 is 0 Å². The number of hydrogen-bond donors (Lipinski definition) is 0. The quantitative estimate of drug-likeness (QED) is 0.628. The lowest BCUT2D eigenvalue weighted by Gasteiger charge is -2.06. The van der Waals surface area contributed by atoms with E-state index in [1.807, 2.05) is 43.3 Å². The number of allylic oxidation sites excluding steroid dienone is 1. The van der Waals surface area contributed by atoms with Gasteiger partial charge in [0.25, 0.3) is 5.91 Å². The van der Waals surface area contributed by atoms with Gasteiger partial charge in [0.15, 0.2) is 4.32 Å². The molecular formula is C13H12N2OS2. The summed E-state index contributed by atoms with van der Waals surface area (Å²) in [4.78, 5) is 11.4. The Hall–Kier alpha value is -1.46. The highest BCUT2D eigenvalue weighted by atomic mass is 32.2. The summed E-state index contributed by atoms with van der Waals surface area (Å²) in [6.45, 7) is 1.94. The number of carbonyl (C=O) groups is 1. The number of carbonyl (C=O) groups excluding carboxylic acids is 1. The number of rotatable bonds is 3. The maximum absolute atomic E-state index is 11.4. The minimum atomic E-state index is -0.0613. The highest BCUT2D eigenvalue weighted by Crippen LogP contribution is 2.19. The molecule has 0 N–H and O–H groups in total. The fourth-order valence-corrected chi connectivity index (χ4v) is 2.42. The molecule has 1 aromatic rings. The molecule has 0 aliphatic carbocycles. The molecule has 0 saturated carbocycles. The smallest absolute Gasteiger partial charge is 0.259 e. The van der Waals surface area contributed by atoms with Gasteiger partial charge in [-0.15, -0.1) is 0 Å². The zero-order valence-electron chi connectivity index (χ0n) is 9.87. The Morgan fingerprint density at radius 2 is 2.17 bits per heavy atom. The zero-order chi connectivity index (χ0) is 13.0. The van der Waals surface area contributed by atoms with Gasteiger partial charge in [-0.3, -0.25) is 4.79 Å². The SMILES string of the molecule is CC(/C=N/N1C(=O)CSC1=S)=C\c1ccccc1. The third-order valence-corrected chi connectivity index (χ3v) is 3.64. The Morgan fingerprint density at radius 3 is 2.78 bits per heavy atom. The van der Waals surface area contributed by atoms with Crippen LogP contribution >= 0.6 is 24.0 Å². The summed E-state index contributed by atoms with van der Waals surface area (Å²) in [5, 5.41) is 5.39. The molecule has 1 amide bonds. The Morgan fingerprint density at radius 1 is 1.44 bits per heavy atom. The standard InChI is InChI=1S/C13H12N2OS2/c1-10(7-11-5-3-2-4-6-11)8-14-15-12(16)9-18-13(15)17/h2-8H,9H2,1H3/b10-7+,14-8+. The third kappa shape index (κ3) is 3.27. The summed E-state index contributed by atoms with van der Waals surface area (Å²) in [5.41, 5.74) is 2.07. The molecule has 1 fully saturated rings. The largest absolute Gasteiger partial charge is 0.272 e. The molecule has 0 atom stereocenters. The van der Waals surface area contributed by atoms with Crippen molar-refractivity contribution in [3.05, 3.63) is 41.5 Å². The van der Waals surface area contributed by atoms with Crippen molar-refractivity contribution in [2.75, 3.05) is 5.75 Å². The van der Waals surface area contributed by atoms with Crippen LogP contribution in [0.5, 0.6) is 0 Å². The number of hydrogen-bond acceptors (Lipinski definition) is 4. The van der Waals surface area contributed by atoms with Crippen LogP contribution in [0.2, 0.25) is 0 Å². The normalized spacial score (nSPS) is 16.9. The van der Waals surface area contributed by atoms with E-state index in [-0.39, 0.29) is 5.91 Å². The molecule has 1 aromatic carbocycles.